The molecule has 1 aliphatic heterocycles. The van der Waals surface area contributed by atoms with Crippen LogP contribution in [0.25, 0.3) is 0 Å². The fourth-order valence-corrected chi connectivity index (χ4v) is 2.87. The summed E-state index contributed by atoms with van der Waals surface area (Å²) in [5.74, 6) is -0.793. The van der Waals surface area contributed by atoms with E-state index in [1.807, 2.05) is 4.90 Å². The van der Waals surface area contributed by atoms with Gasteiger partial charge in [-0.1, -0.05) is 5.16 Å². The van der Waals surface area contributed by atoms with Crippen molar-refractivity contribution in [2.45, 2.75) is 6.92 Å². The minimum atomic E-state index is -0.755. The number of rotatable bonds is 4. The van der Waals surface area contributed by atoms with E-state index in [0.717, 1.165) is 12.1 Å². The lowest BCUT2D eigenvalue weighted by atomic mass is 10.1. The molecule has 0 radical (unpaired) electrons. The van der Waals surface area contributed by atoms with Crippen molar-refractivity contribution < 1.29 is 18.1 Å². The van der Waals surface area contributed by atoms with Gasteiger partial charge in [0.1, 0.15) is 11.4 Å². The topological polar surface area (TPSA) is 85.4 Å². The van der Waals surface area contributed by atoms with Crippen molar-refractivity contribution in [3.8, 4) is 6.07 Å². The fraction of sp³-hybridized carbons (Fsp3) is 0.353. The van der Waals surface area contributed by atoms with Gasteiger partial charge >= 0.3 is 0 Å². The Hall–Kier alpha value is -2.99. The summed E-state index contributed by atoms with van der Waals surface area (Å²) in [7, 11) is 0. The van der Waals surface area contributed by atoms with Gasteiger partial charge in [-0.05, 0) is 19.1 Å². The third kappa shape index (κ3) is 3.97. The van der Waals surface area contributed by atoms with Gasteiger partial charge in [-0.3, -0.25) is 9.69 Å². The van der Waals surface area contributed by atoms with E-state index in [2.05, 4.69) is 10.5 Å². The summed E-state index contributed by atoms with van der Waals surface area (Å²) in [6.07, 6.45) is 0. The van der Waals surface area contributed by atoms with Crippen LogP contribution < -0.4 is 10.2 Å². The molecule has 0 spiro atoms. The Kier molecular flexibility index (Phi) is 5.14. The summed E-state index contributed by atoms with van der Waals surface area (Å²) in [4.78, 5) is 15.5. The molecule has 1 aromatic heterocycles. The largest absolute Gasteiger partial charge is 0.364 e. The Balaban J connectivity index is 1.56. The average molecular weight is 361 g/mol. The lowest BCUT2D eigenvalue weighted by molar-refractivity contribution is -0.117. The maximum atomic E-state index is 14.1. The first-order valence-corrected chi connectivity index (χ1v) is 8.06. The third-order valence-corrected chi connectivity index (χ3v) is 4.10. The number of hydrogen-bond donors (Lipinski definition) is 1. The predicted molar refractivity (Wildman–Crippen MR) is 89.6 cm³/mol. The Bertz CT molecular complexity index is 830. The summed E-state index contributed by atoms with van der Waals surface area (Å²) >= 11 is 0. The molecule has 26 heavy (non-hydrogen) atoms. The van der Waals surface area contributed by atoms with Gasteiger partial charge in [0.25, 0.3) is 0 Å². The highest BCUT2D eigenvalue weighted by Crippen LogP contribution is 2.26. The Morgan fingerprint density at radius 3 is 2.46 bits per heavy atom. The van der Waals surface area contributed by atoms with E-state index in [1.165, 1.54) is 0 Å². The smallest absolute Gasteiger partial charge is 0.239 e. The molecule has 1 N–H and O–H groups in total. The second-order valence-electron chi connectivity index (χ2n) is 6.03. The molecule has 0 unspecified atom stereocenters. The number of piperazine rings is 1. The third-order valence-electron chi connectivity index (χ3n) is 4.10. The zero-order valence-corrected chi connectivity index (χ0v) is 14.1. The molecular weight excluding hydrogens is 344 g/mol. The molecule has 1 saturated heterocycles. The highest BCUT2D eigenvalue weighted by Gasteiger charge is 2.24. The van der Waals surface area contributed by atoms with Crippen LogP contribution in [0.2, 0.25) is 0 Å². The van der Waals surface area contributed by atoms with Gasteiger partial charge in [0, 0.05) is 32.2 Å². The molecule has 1 aliphatic rings. The van der Waals surface area contributed by atoms with Crippen LogP contribution in [0.3, 0.4) is 0 Å². The zero-order valence-electron chi connectivity index (χ0n) is 14.1. The molecule has 9 heteroatoms. The summed E-state index contributed by atoms with van der Waals surface area (Å²) < 4.78 is 33.1. The molecule has 1 aromatic carbocycles. The van der Waals surface area contributed by atoms with E-state index in [-0.39, 0.29) is 23.7 Å². The Morgan fingerprint density at radius 1 is 1.27 bits per heavy atom. The van der Waals surface area contributed by atoms with Crippen molar-refractivity contribution in [1.82, 2.24) is 10.1 Å². The van der Waals surface area contributed by atoms with Crippen LogP contribution in [0.1, 0.15) is 11.3 Å². The number of aryl methyl sites for hydroxylation is 1. The highest BCUT2D eigenvalue weighted by atomic mass is 19.1. The number of amides is 1. The van der Waals surface area contributed by atoms with Crippen LogP contribution in [0.5, 0.6) is 0 Å². The van der Waals surface area contributed by atoms with Crippen LogP contribution in [-0.4, -0.2) is 48.7 Å². The molecule has 2 heterocycles. The van der Waals surface area contributed by atoms with Crippen molar-refractivity contribution in [1.29, 1.82) is 5.26 Å². The van der Waals surface area contributed by atoms with Crippen LogP contribution in [0.15, 0.2) is 22.7 Å². The standard InChI is InChI=1S/C17H17F2N5O2/c1-11-6-15(22-26-11)21-16(25)10-23-2-4-24(5-3-23)17-13(18)7-12(9-20)8-14(17)19/h6-8H,2-5,10H2,1H3,(H,21,22,25). The van der Waals surface area contributed by atoms with Gasteiger partial charge in [0.2, 0.25) is 5.91 Å². The van der Waals surface area contributed by atoms with Gasteiger partial charge in [-0.25, -0.2) is 8.78 Å². The number of aromatic nitrogens is 1. The molecule has 7 nitrogen and oxygen atoms in total. The maximum absolute atomic E-state index is 14.1. The van der Waals surface area contributed by atoms with Crippen LogP contribution in [-0.2, 0) is 4.79 Å². The first kappa shape index (κ1) is 17.8. The number of carbonyl (C=O) groups excluding carboxylic acids is 1. The van der Waals surface area contributed by atoms with Crippen molar-refractivity contribution >= 4 is 17.4 Å². The maximum Gasteiger partial charge on any atom is 0.239 e. The number of nitrogens with one attached hydrogen (secondary N) is 1. The molecule has 3 rings (SSSR count). The first-order chi connectivity index (χ1) is 12.5. The lowest BCUT2D eigenvalue weighted by Crippen LogP contribution is -2.49. The highest BCUT2D eigenvalue weighted by molar-refractivity contribution is 5.91. The van der Waals surface area contributed by atoms with Crippen LogP contribution >= 0.6 is 0 Å². The van der Waals surface area contributed by atoms with Gasteiger partial charge in [0.15, 0.2) is 17.5 Å². The van der Waals surface area contributed by atoms with Crippen LogP contribution in [0.4, 0.5) is 20.3 Å². The van der Waals surface area contributed by atoms with Gasteiger partial charge in [-0.15, -0.1) is 0 Å². The number of halogens is 2. The predicted octanol–water partition coefficient (Wildman–Crippen LogP) is 1.89. The van der Waals surface area contributed by atoms with E-state index < -0.39 is 11.6 Å². The monoisotopic (exact) mass is 361 g/mol. The normalized spacial score (nSPS) is 14.9. The zero-order chi connectivity index (χ0) is 18.7. The number of nitriles is 1. The Labute approximate surface area is 148 Å². The van der Waals surface area contributed by atoms with Gasteiger partial charge in [-0.2, -0.15) is 5.26 Å². The minimum absolute atomic E-state index is 0.0536. The number of benzene rings is 1. The number of hydrogen-bond acceptors (Lipinski definition) is 6. The molecule has 0 bridgehead atoms. The molecule has 136 valence electrons. The lowest BCUT2D eigenvalue weighted by Gasteiger charge is -2.35. The van der Waals surface area contributed by atoms with E-state index in [0.29, 0.717) is 37.8 Å². The first-order valence-electron chi connectivity index (χ1n) is 8.06. The summed E-state index contributed by atoms with van der Waals surface area (Å²) in [6.45, 7) is 3.57. The van der Waals surface area contributed by atoms with E-state index in [9.17, 15) is 13.6 Å². The second kappa shape index (κ2) is 7.49. The number of anilines is 2. The summed E-state index contributed by atoms with van der Waals surface area (Å²) in [5.41, 5.74) is -0.187. The van der Waals surface area contributed by atoms with Crippen molar-refractivity contribution in [3.63, 3.8) is 0 Å². The minimum Gasteiger partial charge on any atom is -0.364 e. The van der Waals surface area contributed by atoms with Gasteiger partial charge in [0.05, 0.1) is 18.2 Å². The SMILES string of the molecule is Cc1cc(NC(=O)CN2CCN(c3c(F)cc(C#N)cc3F)CC2)no1. The molecule has 0 saturated carbocycles. The molecule has 0 aliphatic carbocycles. The second-order valence-corrected chi connectivity index (χ2v) is 6.03. The van der Waals surface area contributed by atoms with Crippen molar-refractivity contribution in [3.05, 3.63) is 41.2 Å². The molecular formula is C17H17F2N5O2. The Morgan fingerprint density at radius 2 is 1.92 bits per heavy atom. The van der Waals surface area contributed by atoms with E-state index in [4.69, 9.17) is 9.78 Å². The van der Waals surface area contributed by atoms with Crippen molar-refractivity contribution in [2.75, 3.05) is 42.9 Å². The number of nitrogens with zero attached hydrogens (tertiary/aromatic N) is 4. The van der Waals surface area contributed by atoms with E-state index in [1.54, 1.807) is 24.0 Å². The fourth-order valence-electron chi connectivity index (χ4n) is 2.87. The van der Waals surface area contributed by atoms with Crippen LogP contribution in [0, 0.1) is 29.9 Å². The van der Waals surface area contributed by atoms with Gasteiger partial charge < -0.3 is 14.7 Å². The molecule has 2 aromatic rings. The quantitative estimate of drug-likeness (QED) is 0.895. The molecule has 1 amide bonds. The summed E-state index contributed by atoms with van der Waals surface area (Å²) in [5, 5.41) is 15.1. The number of carbonyl (C=O) groups is 1. The molecule has 1 fully saturated rings. The van der Waals surface area contributed by atoms with E-state index >= 15 is 0 Å². The van der Waals surface area contributed by atoms with Crippen molar-refractivity contribution in [2.24, 2.45) is 0 Å². The molecule has 0 atom stereocenters. The average Bonchev–Trinajstić information content (AvgIpc) is 3.00. The summed E-state index contributed by atoms with van der Waals surface area (Å²) in [6, 6.07) is 5.40.